The van der Waals surface area contributed by atoms with Crippen LogP contribution in [0, 0.1) is 10.1 Å². The molecule has 25 heavy (non-hydrogen) atoms. The predicted molar refractivity (Wildman–Crippen MR) is 102 cm³/mol. The maximum absolute atomic E-state index is 12.3. The molecule has 132 valence electrons. The Morgan fingerprint density at radius 2 is 1.64 bits per heavy atom. The minimum atomic E-state index is -1.85. The van der Waals surface area contributed by atoms with Gasteiger partial charge in [-0.3, -0.25) is 14.9 Å². The highest BCUT2D eigenvalue weighted by Crippen LogP contribution is 2.31. The van der Waals surface area contributed by atoms with Gasteiger partial charge in [0.1, 0.15) is 6.17 Å². The summed E-state index contributed by atoms with van der Waals surface area (Å²) in [5, 5.41) is 16.1. The molecule has 2 aromatic carbocycles. The van der Waals surface area contributed by atoms with Gasteiger partial charge in [0.05, 0.1) is 4.92 Å². The first-order valence-electron chi connectivity index (χ1n) is 6.81. The smallest absolute Gasteiger partial charge is 0.269 e. The van der Waals surface area contributed by atoms with Gasteiger partial charge in [-0.25, -0.2) is 0 Å². The van der Waals surface area contributed by atoms with Gasteiger partial charge in [0.25, 0.3) is 11.6 Å². The predicted octanol–water partition coefficient (Wildman–Crippen LogP) is 4.90. The molecule has 0 saturated heterocycles. The number of amides is 1. The van der Waals surface area contributed by atoms with Gasteiger partial charge in [0.2, 0.25) is 3.79 Å². The van der Waals surface area contributed by atoms with Gasteiger partial charge >= 0.3 is 0 Å². The van der Waals surface area contributed by atoms with E-state index in [1.165, 1.54) is 24.3 Å². The summed E-state index contributed by atoms with van der Waals surface area (Å²) in [4.78, 5) is 22.5. The number of anilines is 1. The zero-order valence-electron chi connectivity index (χ0n) is 12.4. The Morgan fingerprint density at radius 3 is 2.12 bits per heavy atom. The molecule has 2 rings (SSSR count). The van der Waals surface area contributed by atoms with Crippen LogP contribution in [0.15, 0.2) is 53.0 Å². The molecule has 10 heteroatoms. The standard InChI is InChI=1S/C15H11BrCl3N3O3/c16-10-3-1-9(2-4-10)13(23)21-14(15(17,18)19)20-11-5-7-12(8-6-11)22(24)25/h1-8,14,20H,(H,21,23). The highest BCUT2D eigenvalue weighted by atomic mass is 79.9. The molecule has 0 radical (unpaired) electrons. The second-order valence-electron chi connectivity index (χ2n) is 4.90. The topological polar surface area (TPSA) is 84.3 Å². The Morgan fingerprint density at radius 1 is 1.08 bits per heavy atom. The SMILES string of the molecule is O=C(NC(Nc1ccc([N+](=O)[O-])cc1)C(Cl)(Cl)Cl)c1ccc(Br)cc1. The van der Waals surface area contributed by atoms with Crippen molar-refractivity contribution in [1.29, 1.82) is 0 Å². The molecule has 0 spiro atoms. The van der Waals surface area contributed by atoms with Crippen LogP contribution in [-0.2, 0) is 0 Å². The molecule has 0 heterocycles. The van der Waals surface area contributed by atoms with Crippen molar-refractivity contribution in [3.8, 4) is 0 Å². The maximum atomic E-state index is 12.3. The van der Waals surface area contributed by atoms with E-state index in [1.807, 2.05) is 0 Å². The number of nitro benzene ring substituents is 1. The van der Waals surface area contributed by atoms with E-state index >= 15 is 0 Å². The highest BCUT2D eigenvalue weighted by Gasteiger charge is 2.34. The Labute approximate surface area is 166 Å². The molecular weight excluding hydrogens is 456 g/mol. The second-order valence-corrected chi connectivity index (χ2v) is 8.19. The number of halogens is 4. The average Bonchev–Trinajstić information content (AvgIpc) is 2.54. The molecule has 0 aromatic heterocycles. The van der Waals surface area contributed by atoms with Gasteiger partial charge < -0.3 is 10.6 Å². The molecule has 0 aliphatic heterocycles. The number of hydrogen-bond donors (Lipinski definition) is 2. The number of benzene rings is 2. The molecule has 1 amide bonds. The Hall–Kier alpha value is -1.54. The Bertz CT molecular complexity index is 764. The van der Waals surface area contributed by atoms with Gasteiger partial charge in [-0.05, 0) is 36.4 Å². The van der Waals surface area contributed by atoms with Crippen LogP contribution in [-0.4, -0.2) is 20.8 Å². The van der Waals surface area contributed by atoms with Gasteiger partial charge in [-0.15, -0.1) is 0 Å². The number of nitrogens with one attached hydrogen (secondary N) is 2. The minimum absolute atomic E-state index is 0.0742. The van der Waals surface area contributed by atoms with Crippen molar-refractivity contribution in [1.82, 2.24) is 5.32 Å². The van der Waals surface area contributed by atoms with Crippen LogP contribution in [0.3, 0.4) is 0 Å². The fraction of sp³-hybridized carbons (Fsp3) is 0.133. The summed E-state index contributed by atoms with van der Waals surface area (Å²) in [5.74, 6) is -0.446. The number of carbonyl (C=O) groups is 1. The molecule has 2 N–H and O–H groups in total. The van der Waals surface area contributed by atoms with Crippen LogP contribution < -0.4 is 10.6 Å². The van der Waals surface area contributed by atoms with E-state index in [4.69, 9.17) is 34.8 Å². The van der Waals surface area contributed by atoms with E-state index in [0.29, 0.717) is 11.3 Å². The normalized spacial score (nSPS) is 12.3. The van der Waals surface area contributed by atoms with Crippen molar-refractivity contribution in [2.45, 2.75) is 9.96 Å². The van der Waals surface area contributed by atoms with Crippen molar-refractivity contribution < 1.29 is 9.72 Å². The molecular formula is C15H11BrCl3N3O3. The minimum Gasteiger partial charge on any atom is -0.362 e. The molecule has 1 unspecified atom stereocenters. The Balaban J connectivity index is 2.15. The summed E-state index contributed by atoms with van der Waals surface area (Å²) in [6.45, 7) is 0. The number of nitrogens with zero attached hydrogens (tertiary/aromatic N) is 1. The van der Waals surface area contributed by atoms with Crippen LogP contribution in [0.4, 0.5) is 11.4 Å². The van der Waals surface area contributed by atoms with E-state index in [2.05, 4.69) is 26.6 Å². The first kappa shape index (κ1) is 19.8. The quantitative estimate of drug-likeness (QED) is 0.284. The lowest BCUT2D eigenvalue weighted by Gasteiger charge is -2.27. The van der Waals surface area contributed by atoms with Crippen LogP contribution in [0.2, 0.25) is 0 Å². The average molecular weight is 468 g/mol. The summed E-state index contributed by atoms with van der Waals surface area (Å²) < 4.78 is -1.03. The number of alkyl halides is 3. The lowest BCUT2D eigenvalue weighted by Crippen LogP contribution is -2.49. The molecule has 0 aliphatic rings. The van der Waals surface area contributed by atoms with Crippen molar-refractivity contribution >= 4 is 68.0 Å². The van der Waals surface area contributed by atoms with Gasteiger partial charge in [0.15, 0.2) is 0 Å². The summed E-state index contributed by atoms with van der Waals surface area (Å²) >= 11 is 21.1. The van der Waals surface area contributed by atoms with E-state index < -0.39 is 20.8 Å². The van der Waals surface area contributed by atoms with E-state index in [9.17, 15) is 14.9 Å². The molecule has 0 bridgehead atoms. The van der Waals surface area contributed by atoms with Crippen LogP contribution >= 0.6 is 50.7 Å². The summed E-state index contributed by atoms with van der Waals surface area (Å²) in [6, 6.07) is 12.1. The summed E-state index contributed by atoms with van der Waals surface area (Å²) in [5.41, 5.74) is 0.751. The van der Waals surface area contributed by atoms with Crippen LogP contribution in [0.1, 0.15) is 10.4 Å². The van der Waals surface area contributed by atoms with Gasteiger partial charge in [0, 0.05) is 27.9 Å². The van der Waals surface area contributed by atoms with Crippen molar-refractivity contribution in [3.05, 3.63) is 68.7 Å². The fourth-order valence-electron chi connectivity index (χ4n) is 1.86. The number of hydrogen-bond acceptors (Lipinski definition) is 4. The first-order chi connectivity index (χ1) is 11.7. The monoisotopic (exact) mass is 465 g/mol. The first-order valence-corrected chi connectivity index (χ1v) is 8.73. The summed E-state index contributed by atoms with van der Waals surface area (Å²) in [7, 11) is 0. The van der Waals surface area contributed by atoms with Crippen LogP contribution in [0.5, 0.6) is 0 Å². The second kappa shape index (κ2) is 8.23. The largest absolute Gasteiger partial charge is 0.362 e. The van der Waals surface area contributed by atoms with Gasteiger partial charge in [-0.1, -0.05) is 50.7 Å². The third-order valence-corrected chi connectivity index (χ3v) is 4.28. The zero-order chi connectivity index (χ0) is 18.6. The molecule has 6 nitrogen and oxygen atoms in total. The molecule has 1 atom stereocenters. The van der Waals surface area contributed by atoms with Crippen molar-refractivity contribution in [2.75, 3.05) is 5.32 Å². The number of carbonyl (C=O) groups excluding carboxylic acids is 1. The fourth-order valence-corrected chi connectivity index (χ4v) is 2.45. The lowest BCUT2D eigenvalue weighted by atomic mass is 10.2. The van der Waals surface area contributed by atoms with Crippen LogP contribution in [0.25, 0.3) is 0 Å². The molecule has 0 fully saturated rings. The number of non-ortho nitro benzene ring substituents is 1. The van der Waals surface area contributed by atoms with E-state index in [-0.39, 0.29) is 5.69 Å². The highest BCUT2D eigenvalue weighted by molar-refractivity contribution is 9.10. The number of nitro groups is 1. The third kappa shape index (κ3) is 5.74. The van der Waals surface area contributed by atoms with Crippen molar-refractivity contribution in [3.63, 3.8) is 0 Å². The molecule has 0 saturated carbocycles. The molecule has 0 aliphatic carbocycles. The maximum Gasteiger partial charge on any atom is 0.269 e. The Kier molecular flexibility index (Phi) is 6.51. The van der Waals surface area contributed by atoms with Gasteiger partial charge in [-0.2, -0.15) is 0 Å². The lowest BCUT2D eigenvalue weighted by molar-refractivity contribution is -0.384. The zero-order valence-corrected chi connectivity index (χ0v) is 16.2. The van der Waals surface area contributed by atoms with Crippen molar-refractivity contribution in [2.24, 2.45) is 0 Å². The summed E-state index contributed by atoms with van der Waals surface area (Å²) in [6.07, 6.45) is -1.06. The van der Waals surface area contributed by atoms with E-state index in [0.717, 1.165) is 4.47 Å². The van der Waals surface area contributed by atoms with E-state index in [1.54, 1.807) is 24.3 Å². The number of rotatable bonds is 5. The third-order valence-electron chi connectivity index (χ3n) is 3.10. The molecule has 2 aromatic rings.